The number of imidazole rings is 1. The van der Waals surface area contributed by atoms with Crippen LogP contribution in [0.25, 0.3) is 11.0 Å². The van der Waals surface area contributed by atoms with Crippen molar-refractivity contribution in [2.45, 2.75) is 45.0 Å². The molecule has 0 bridgehead atoms. The van der Waals surface area contributed by atoms with Gasteiger partial charge in [0, 0.05) is 17.7 Å². The van der Waals surface area contributed by atoms with Crippen molar-refractivity contribution in [1.29, 1.82) is 0 Å². The van der Waals surface area contributed by atoms with Gasteiger partial charge in [-0.1, -0.05) is 6.92 Å². The van der Waals surface area contributed by atoms with Crippen molar-refractivity contribution in [2.75, 3.05) is 14.2 Å². The van der Waals surface area contributed by atoms with Gasteiger partial charge in [0.1, 0.15) is 5.82 Å². The predicted octanol–water partition coefficient (Wildman–Crippen LogP) is 4.50. The number of rotatable bonds is 5. The Kier molecular flexibility index (Phi) is 4.38. The fourth-order valence-electron chi connectivity index (χ4n) is 2.48. The topological polar surface area (TPSA) is 36.3 Å². The maximum atomic E-state index is 6.34. The van der Waals surface area contributed by atoms with Crippen molar-refractivity contribution < 1.29 is 9.47 Å². The van der Waals surface area contributed by atoms with E-state index >= 15 is 0 Å². The highest BCUT2D eigenvalue weighted by Gasteiger charge is 2.27. The van der Waals surface area contributed by atoms with Gasteiger partial charge >= 0.3 is 0 Å². The van der Waals surface area contributed by atoms with Crippen molar-refractivity contribution >= 4 is 22.6 Å². The number of hydrogen-bond donors (Lipinski definition) is 0. The van der Waals surface area contributed by atoms with E-state index in [1.807, 2.05) is 19.1 Å². The van der Waals surface area contributed by atoms with Crippen LogP contribution >= 0.6 is 11.6 Å². The van der Waals surface area contributed by atoms with Crippen LogP contribution < -0.4 is 9.47 Å². The smallest absolute Gasteiger partial charge is 0.163 e. The summed E-state index contributed by atoms with van der Waals surface area (Å²) in [5, 5.41) is -0.166. The van der Waals surface area contributed by atoms with Crippen molar-refractivity contribution in [3.8, 4) is 11.5 Å². The molecule has 0 fully saturated rings. The number of ether oxygens (including phenoxy) is 2. The zero-order valence-electron chi connectivity index (χ0n) is 13.5. The zero-order valence-corrected chi connectivity index (χ0v) is 14.3. The molecule has 0 saturated heterocycles. The molecule has 4 nitrogen and oxygen atoms in total. The fraction of sp³-hybridized carbons (Fsp3) is 0.562. The van der Waals surface area contributed by atoms with Gasteiger partial charge < -0.3 is 14.0 Å². The Morgan fingerprint density at radius 2 is 1.81 bits per heavy atom. The normalized spacial score (nSPS) is 13.5. The first kappa shape index (κ1) is 16.0. The summed E-state index contributed by atoms with van der Waals surface area (Å²) in [6.45, 7) is 8.48. The Bertz CT molecular complexity index is 647. The van der Waals surface area contributed by atoms with Crippen LogP contribution in [0.2, 0.25) is 0 Å². The van der Waals surface area contributed by atoms with Gasteiger partial charge in [-0.2, -0.15) is 0 Å². The quantitative estimate of drug-likeness (QED) is 0.763. The molecule has 0 aliphatic carbocycles. The van der Waals surface area contributed by atoms with Crippen molar-refractivity contribution in [1.82, 2.24) is 9.55 Å². The SMILES string of the molecule is CCC(C)(C)n1c(C(C)Cl)nc2cc(OC)c(OC)cc21. The number of halogens is 1. The van der Waals surface area contributed by atoms with Crippen molar-refractivity contribution in [3.63, 3.8) is 0 Å². The van der Waals surface area contributed by atoms with E-state index in [1.54, 1.807) is 14.2 Å². The molecular formula is C16H23ClN2O2. The Hall–Kier alpha value is -1.42. The van der Waals surface area contributed by atoms with Crippen LogP contribution in [-0.2, 0) is 5.54 Å². The summed E-state index contributed by atoms with van der Waals surface area (Å²) in [7, 11) is 3.27. The number of methoxy groups -OCH3 is 2. The van der Waals surface area contributed by atoms with Crippen molar-refractivity contribution in [2.24, 2.45) is 0 Å². The van der Waals surface area contributed by atoms with Crippen LogP contribution in [0.3, 0.4) is 0 Å². The molecule has 2 rings (SSSR count). The summed E-state index contributed by atoms with van der Waals surface area (Å²) in [5.74, 6) is 2.25. The average molecular weight is 311 g/mol. The number of hydrogen-bond acceptors (Lipinski definition) is 3. The summed E-state index contributed by atoms with van der Waals surface area (Å²) < 4.78 is 13.0. The minimum absolute atomic E-state index is 0.0766. The molecule has 1 aromatic heterocycles. The maximum absolute atomic E-state index is 6.34. The molecule has 0 aliphatic heterocycles. The van der Waals surface area contributed by atoms with Crippen LogP contribution in [0, 0.1) is 0 Å². The highest BCUT2D eigenvalue weighted by Crippen LogP contribution is 2.37. The Labute approximate surface area is 131 Å². The van der Waals surface area contributed by atoms with E-state index in [4.69, 9.17) is 26.1 Å². The molecule has 0 radical (unpaired) electrons. The van der Waals surface area contributed by atoms with Crippen LogP contribution in [0.5, 0.6) is 11.5 Å². The lowest BCUT2D eigenvalue weighted by Gasteiger charge is -2.29. The Balaban J connectivity index is 2.82. The molecule has 5 heteroatoms. The lowest BCUT2D eigenvalue weighted by molar-refractivity contribution is 0.339. The van der Waals surface area contributed by atoms with Crippen LogP contribution in [0.15, 0.2) is 12.1 Å². The van der Waals surface area contributed by atoms with Gasteiger partial charge in [0.25, 0.3) is 0 Å². The highest BCUT2D eigenvalue weighted by atomic mass is 35.5. The third-order valence-corrected chi connectivity index (χ3v) is 4.21. The largest absolute Gasteiger partial charge is 0.493 e. The number of aromatic nitrogens is 2. The van der Waals surface area contributed by atoms with E-state index in [-0.39, 0.29) is 10.9 Å². The van der Waals surface area contributed by atoms with Gasteiger partial charge in [-0.25, -0.2) is 4.98 Å². The molecule has 0 spiro atoms. The van der Waals surface area contributed by atoms with E-state index in [2.05, 4.69) is 25.3 Å². The summed E-state index contributed by atoms with van der Waals surface area (Å²) >= 11 is 6.34. The Morgan fingerprint density at radius 3 is 2.29 bits per heavy atom. The lowest BCUT2D eigenvalue weighted by Crippen LogP contribution is -2.27. The third-order valence-electron chi connectivity index (χ3n) is 4.01. The van der Waals surface area contributed by atoms with Gasteiger partial charge in [-0.15, -0.1) is 11.6 Å². The number of fused-ring (bicyclic) bond motifs is 1. The highest BCUT2D eigenvalue weighted by molar-refractivity contribution is 6.20. The second kappa shape index (κ2) is 5.76. The van der Waals surface area contributed by atoms with Crippen LogP contribution in [0.1, 0.15) is 45.3 Å². The van der Waals surface area contributed by atoms with Crippen molar-refractivity contribution in [3.05, 3.63) is 18.0 Å². The van der Waals surface area contributed by atoms with Crippen LogP contribution in [0.4, 0.5) is 0 Å². The van der Waals surface area contributed by atoms with E-state index < -0.39 is 0 Å². The molecule has 0 aliphatic rings. The minimum Gasteiger partial charge on any atom is -0.493 e. The number of alkyl halides is 1. The Morgan fingerprint density at radius 1 is 1.24 bits per heavy atom. The third kappa shape index (κ3) is 2.69. The van der Waals surface area contributed by atoms with Gasteiger partial charge in [0.05, 0.1) is 30.6 Å². The zero-order chi connectivity index (χ0) is 15.8. The lowest BCUT2D eigenvalue weighted by atomic mass is 10.0. The summed E-state index contributed by atoms with van der Waals surface area (Å²) in [6.07, 6.45) is 0.976. The van der Waals surface area contributed by atoms with Gasteiger partial charge in [0.15, 0.2) is 11.5 Å². The molecule has 0 N–H and O–H groups in total. The first-order chi connectivity index (χ1) is 9.85. The minimum atomic E-state index is -0.166. The molecular weight excluding hydrogens is 288 g/mol. The van der Waals surface area contributed by atoms with Gasteiger partial charge in [0.2, 0.25) is 0 Å². The van der Waals surface area contributed by atoms with E-state index in [1.165, 1.54) is 0 Å². The molecule has 21 heavy (non-hydrogen) atoms. The molecule has 1 atom stereocenters. The summed E-state index contributed by atoms with van der Waals surface area (Å²) in [4.78, 5) is 4.71. The monoisotopic (exact) mass is 310 g/mol. The standard InChI is InChI=1S/C16H23ClN2O2/c1-7-16(3,4)19-12-9-14(21-6)13(20-5)8-11(12)18-15(19)10(2)17/h8-10H,7H2,1-6H3. The first-order valence-corrected chi connectivity index (χ1v) is 7.58. The number of benzene rings is 1. The predicted molar refractivity (Wildman–Crippen MR) is 86.7 cm³/mol. The molecule has 116 valence electrons. The molecule has 0 saturated carbocycles. The number of nitrogens with zero attached hydrogens (tertiary/aromatic N) is 2. The molecule has 1 heterocycles. The second-order valence-corrected chi connectivity index (χ2v) is 6.44. The molecule has 1 aromatic carbocycles. The average Bonchev–Trinajstić information content (AvgIpc) is 2.84. The second-order valence-electron chi connectivity index (χ2n) is 5.78. The summed E-state index contributed by atoms with van der Waals surface area (Å²) in [6, 6.07) is 3.88. The fourth-order valence-corrected chi connectivity index (χ4v) is 2.63. The molecule has 0 amide bonds. The van der Waals surface area contributed by atoms with Gasteiger partial charge in [-0.3, -0.25) is 0 Å². The molecule has 1 unspecified atom stereocenters. The van der Waals surface area contributed by atoms with Crippen LogP contribution in [-0.4, -0.2) is 23.8 Å². The van der Waals surface area contributed by atoms with E-state index in [9.17, 15) is 0 Å². The van der Waals surface area contributed by atoms with Gasteiger partial charge in [-0.05, 0) is 27.2 Å². The maximum Gasteiger partial charge on any atom is 0.163 e. The van der Waals surface area contributed by atoms with E-state index in [0.717, 1.165) is 23.3 Å². The molecule has 2 aromatic rings. The summed E-state index contributed by atoms with van der Waals surface area (Å²) in [5.41, 5.74) is 1.81. The van der Waals surface area contributed by atoms with E-state index in [0.29, 0.717) is 11.5 Å². The first-order valence-electron chi connectivity index (χ1n) is 7.14.